The normalized spacial score (nSPS) is 9.41. The van der Waals surface area contributed by atoms with Crippen molar-refractivity contribution in [2.45, 2.75) is 12.8 Å². The second-order valence-electron chi connectivity index (χ2n) is 3.02. The summed E-state index contributed by atoms with van der Waals surface area (Å²) >= 11 is 0. The molecule has 17 heavy (non-hydrogen) atoms. The van der Waals surface area contributed by atoms with Crippen LogP contribution in [0.5, 0.6) is 0 Å². The molecular weight excluding hydrogens is 269 g/mol. The molecule has 94 valence electrons. The Bertz CT molecular complexity index is 516. The molecule has 0 fully saturated rings. The number of fused-ring (bicyclic) bond motifs is 1. The summed E-state index contributed by atoms with van der Waals surface area (Å²) < 4.78 is 0. The van der Waals surface area contributed by atoms with Crippen LogP contribution in [0.2, 0.25) is 0 Å². The Balaban J connectivity index is 0.00000128. The van der Waals surface area contributed by atoms with Gasteiger partial charge < -0.3 is 15.8 Å². The maximum Gasteiger partial charge on any atom is 0.303 e. The lowest BCUT2D eigenvalue weighted by molar-refractivity contribution is -0.136. The summed E-state index contributed by atoms with van der Waals surface area (Å²) in [5.74, 6) is -0.761. The largest absolute Gasteiger partial charge is 0.481 e. The van der Waals surface area contributed by atoms with Gasteiger partial charge in [-0.3, -0.25) is 4.79 Å². The van der Waals surface area contributed by atoms with Gasteiger partial charge in [-0.1, -0.05) is 0 Å². The number of rotatable bonds is 3. The Labute approximate surface area is 109 Å². The summed E-state index contributed by atoms with van der Waals surface area (Å²) in [5.41, 5.74) is 7.13. The topological polar surface area (TPSA) is 118 Å². The fraction of sp³-hybridized carbons (Fsp3) is 0.250. The first-order valence-corrected chi connectivity index (χ1v) is 4.34. The lowest BCUT2D eigenvalue weighted by Gasteiger charge is -2.00. The second-order valence-corrected chi connectivity index (χ2v) is 3.02. The van der Waals surface area contributed by atoms with E-state index in [9.17, 15) is 4.79 Å². The number of aliphatic carboxylic acids is 1. The summed E-state index contributed by atoms with van der Waals surface area (Å²) in [5, 5.41) is 8.56. The zero-order valence-corrected chi connectivity index (χ0v) is 10.2. The zero-order valence-electron chi connectivity index (χ0n) is 8.58. The van der Waals surface area contributed by atoms with E-state index in [1.165, 1.54) is 6.33 Å². The van der Waals surface area contributed by atoms with Gasteiger partial charge in [-0.2, -0.15) is 4.98 Å². The number of aryl methyl sites for hydroxylation is 1. The molecule has 9 heteroatoms. The molecule has 0 radical (unpaired) electrons. The number of nitrogens with two attached hydrogens (primary N) is 1. The molecule has 0 aliphatic heterocycles. The number of imidazole rings is 1. The standard InChI is InChI=1S/C8H9N5O2.2ClH/c9-8-12-4(1-2-5(14)15)6-7(13-8)11-3-10-6;;/h3H,1-2H2,(H,14,15)(H3,9,10,11,12,13);2*1H. The second kappa shape index (κ2) is 6.21. The van der Waals surface area contributed by atoms with E-state index in [4.69, 9.17) is 10.8 Å². The number of nitrogen functional groups attached to an aromatic ring is 1. The third-order valence-electron chi connectivity index (χ3n) is 1.94. The molecule has 0 aliphatic carbocycles. The van der Waals surface area contributed by atoms with Crippen LogP contribution in [0.4, 0.5) is 5.95 Å². The zero-order chi connectivity index (χ0) is 10.8. The molecule has 0 atom stereocenters. The first-order valence-electron chi connectivity index (χ1n) is 4.34. The van der Waals surface area contributed by atoms with Gasteiger partial charge in [0.2, 0.25) is 5.95 Å². The van der Waals surface area contributed by atoms with Gasteiger partial charge in [0.25, 0.3) is 0 Å². The summed E-state index contributed by atoms with van der Waals surface area (Å²) in [6.45, 7) is 0. The van der Waals surface area contributed by atoms with Crippen LogP contribution in [0.1, 0.15) is 12.1 Å². The number of H-pyrrole nitrogens is 1. The molecule has 2 aromatic heterocycles. The van der Waals surface area contributed by atoms with Crippen molar-refractivity contribution in [2.75, 3.05) is 5.73 Å². The molecule has 0 aliphatic rings. The van der Waals surface area contributed by atoms with Crippen LogP contribution < -0.4 is 5.73 Å². The number of hydrogen-bond acceptors (Lipinski definition) is 5. The highest BCUT2D eigenvalue weighted by atomic mass is 35.5. The van der Waals surface area contributed by atoms with Crippen LogP contribution in [0.15, 0.2) is 6.33 Å². The number of anilines is 1. The molecule has 0 unspecified atom stereocenters. The van der Waals surface area contributed by atoms with Crippen molar-refractivity contribution in [2.24, 2.45) is 0 Å². The van der Waals surface area contributed by atoms with Crippen molar-refractivity contribution in [3.63, 3.8) is 0 Å². The number of carboxylic acids is 1. The molecule has 7 nitrogen and oxygen atoms in total. The van der Waals surface area contributed by atoms with Crippen LogP contribution >= 0.6 is 24.8 Å². The van der Waals surface area contributed by atoms with Gasteiger partial charge in [-0.05, 0) is 0 Å². The van der Waals surface area contributed by atoms with E-state index in [1.807, 2.05) is 0 Å². The molecule has 0 bridgehead atoms. The molecule has 0 saturated heterocycles. The third kappa shape index (κ3) is 3.43. The SMILES string of the molecule is Cl.Cl.Nc1nc(CCC(=O)O)c2nc[nH]c2n1. The van der Waals surface area contributed by atoms with Crippen LogP contribution in [-0.2, 0) is 11.2 Å². The fourth-order valence-corrected chi connectivity index (χ4v) is 1.31. The molecule has 0 amide bonds. The van der Waals surface area contributed by atoms with Gasteiger partial charge in [0.05, 0.1) is 18.4 Å². The third-order valence-corrected chi connectivity index (χ3v) is 1.94. The highest BCUT2D eigenvalue weighted by Crippen LogP contribution is 2.13. The minimum atomic E-state index is -0.879. The van der Waals surface area contributed by atoms with E-state index in [-0.39, 0.29) is 37.2 Å². The maximum atomic E-state index is 10.4. The molecule has 0 saturated carbocycles. The average Bonchev–Trinajstić information content (AvgIpc) is 2.61. The van der Waals surface area contributed by atoms with Gasteiger partial charge >= 0.3 is 5.97 Å². The number of aromatic nitrogens is 4. The van der Waals surface area contributed by atoms with Crippen molar-refractivity contribution >= 4 is 47.9 Å². The molecule has 0 aromatic carbocycles. The quantitative estimate of drug-likeness (QED) is 0.765. The fourth-order valence-electron chi connectivity index (χ4n) is 1.31. The smallest absolute Gasteiger partial charge is 0.303 e. The number of hydrogen-bond donors (Lipinski definition) is 3. The predicted molar refractivity (Wildman–Crippen MR) is 66.5 cm³/mol. The Morgan fingerprint density at radius 1 is 1.41 bits per heavy atom. The Morgan fingerprint density at radius 2 is 2.12 bits per heavy atom. The minimum absolute atomic E-state index is 0. The van der Waals surface area contributed by atoms with Crippen molar-refractivity contribution in [3.8, 4) is 0 Å². The van der Waals surface area contributed by atoms with Gasteiger partial charge in [-0.15, -0.1) is 24.8 Å². The number of nitrogens with one attached hydrogen (secondary N) is 1. The molecule has 2 aromatic rings. The van der Waals surface area contributed by atoms with E-state index < -0.39 is 5.97 Å². The number of aromatic amines is 1. The monoisotopic (exact) mass is 279 g/mol. The highest BCUT2D eigenvalue weighted by molar-refractivity contribution is 5.85. The molecule has 2 heterocycles. The average molecular weight is 280 g/mol. The van der Waals surface area contributed by atoms with E-state index in [0.717, 1.165) is 0 Å². The summed E-state index contributed by atoms with van der Waals surface area (Å²) in [4.78, 5) is 25.1. The first-order chi connectivity index (χ1) is 7.16. The van der Waals surface area contributed by atoms with Gasteiger partial charge in [-0.25, -0.2) is 9.97 Å². The van der Waals surface area contributed by atoms with Gasteiger partial charge in [0, 0.05) is 6.42 Å². The van der Waals surface area contributed by atoms with Crippen LogP contribution in [0.3, 0.4) is 0 Å². The van der Waals surface area contributed by atoms with Gasteiger partial charge in [0.15, 0.2) is 5.65 Å². The Kier molecular flexibility index (Phi) is 5.63. The lowest BCUT2D eigenvalue weighted by Crippen LogP contribution is -2.04. The van der Waals surface area contributed by atoms with Crippen molar-refractivity contribution < 1.29 is 9.90 Å². The van der Waals surface area contributed by atoms with Crippen LogP contribution in [0.25, 0.3) is 11.2 Å². The van der Waals surface area contributed by atoms with Crippen molar-refractivity contribution in [1.29, 1.82) is 0 Å². The Hall–Kier alpha value is -1.60. The summed E-state index contributed by atoms with van der Waals surface area (Å²) in [6, 6.07) is 0. The van der Waals surface area contributed by atoms with E-state index >= 15 is 0 Å². The van der Waals surface area contributed by atoms with Gasteiger partial charge in [0.1, 0.15) is 5.52 Å². The first kappa shape index (κ1) is 15.4. The number of carboxylic acid groups (broad SMARTS) is 1. The molecule has 0 spiro atoms. The Morgan fingerprint density at radius 3 is 2.76 bits per heavy atom. The summed E-state index contributed by atoms with van der Waals surface area (Å²) in [6.07, 6.45) is 1.77. The summed E-state index contributed by atoms with van der Waals surface area (Å²) in [7, 11) is 0. The van der Waals surface area contributed by atoms with E-state index in [1.54, 1.807) is 0 Å². The number of nitrogens with zero attached hydrogens (tertiary/aromatic N) is 3. The van der Waals surface area contributed by atoms with Crippen molar-refractivity contribution in [3.05, 3.63) is 12.0 Å². The number of carbonyl (C=O) groups is 1. The molecular formula is C8H11Cl2N5O2. The molecule has 2 rings (SSSR count). The number of halogens is 2. The van der Waals surface area contributed by atoms with Crippen LogP contribution in [-0.4, -0.2) is 31.0 Å². The van der Waals surface area contributed by atoms with Crippen molar-refractivity contribution in [1.82, 2.24) is 19.9 Å². The van der Waals surface area contributed by atoms with E-state index in [2.05, 4.69) is 19.9 Å². The van der Waals surface area contributed by atoms with Crippen LogP contribution in [0, 0.1) is 0 Å². The van der Waals surface area contributed by atoms with E-state index in [0.29, 0.717) is 23.3 Å². The predicted octanol–water partition coefficient (Wildman–Crippen LogP) is 0.796. The molecule has 4 N–H and O–H groups in total. The minimum Gasteiger partial charge on any atom is -0.481 e. The lowest BCUT2D eigenvalue weighted by atomic mass is 10.2. The maximum absolute atomic E-state index is 10.4. The highest BCUT2D eigenvalue weighted by Gasteiger charge is 2.09.